The second-order valence-corrected chi connectivity index (χ2v) is 11.2. The van der Waals surface area contributed by atoms with Crippen molar-refractivity contribution >= 4 is 37.0 Å². The van der Waals surface area contributed by atoms with Crippen LogP contribution < -0.4 is 33.9 Å². The summed E-state index contributed by atoms with van der Waals surface area (Å²) in [4.78, 5) is 37.1. The van der Waals surface area contributed by atoms with Gasteiger partial charge in [0.2, 0.25) is 11.0 Å². The van der Waals surface area contributed by atoms with E-state index in [1.165, 1.54) is 0 Å². The Morgan fingerprint density at radius 3 is 1.29 bits per heavy atom. The van der Waals surface area contributed by atoms with Crippen molar-refractivity contribution in [1.29, 1.82) is 0 Å². The molecule has 4 N–H and O–H groups in total. The molecule has 0 aliphatic rings. The summed E-state index contributed by atoms with van der Waals surface area (Å²) in [5.41, 5.74) is 3.65. The van der Waals surface area contributed by atoms with Gasteiger partial charge in [0.25, 0.3) is 0 Å². The number of halogens is 2. The molecule has 4 aromatic rings. The second kappa shape index (κ2) is 11.3. The topological polar surface area (TPSA) is 123 Å². The lowest BCUT2D eigenvalue weighted by molar-refractivity contribution is -0.667. The number of para-hydroxylation sites is 2. The SMILES string of the molecule is O=P(O)(O)CC[n+]1ccc(-c2cc[n+](CCP(=O)(O)O)c3ccccc23)c2ccccc21.[Cl-].[Cl-]. The van der Waals surface area contributed by atoms with Crippen LogP contribution in [0.3, 0.4) is 0 Å². The predicted molar refractivity (Wildman–Crippen MR) is 121 cm³/mol. The van der Waals surface area contributed by atoms with Crippen molar-refractivity contribution in [3.8, 4) is 11.1 Å². The van der Waals surface area contributed by atoms with Gasteiger partial charge in [-0.3, -0.25) is 9.13 Å². The Balaban J connectivity index is 0.00000204. The lowest BCUT2D eigenvalue weighted by Crippen LogP contribution is -3.00. The highest BCUT2D eigenvalue weighted by Gasteiger charge is 2.22. The largest absolute Gasteiger partial charge is 1.00 e. The molecular formula is C22H24Cl2N2O6P2. The molecule has 0 aliphatic carbocycles. The van der Waals surface area contributed by atoms with Crippen LogP contribution in [0.15, 0.2) is 73.1 Å². The molecule has 0 saturated heterocycles. The first-order valence-electron chi connectivity index (χ1n) is 10.0. The Bertz CT molecular complexity index is 1300. The molecule has 34 heavy (non-hydrogen) atoms. The molecule has 0 bridgehead atoms. The summed E-state index contributed by atoms with van der Waals surface area (Å²) >= 11 is 0. The standard InChI is InChI=1S/C22H22N2O6P2.2ClH/c25-31(26,27)15-13-23-11-9-17(19-5-1-3-7-21(19)23)18-10-12-24(14-16-32(28,29)30)22-8-4-2-6-20(18)22;;/h1-12H,13-16H2,(H2-2,25,26,27,28,29,30);2*1H. The van der Waals surface area contributed by atoms with Gasteiger partial charge >= 0.3 is 15.2 Å². The van der Waals surface area contributed by atoms with E-state index in [1.54, 1.807) is 0 Å². The van der Waals surface area contributed by atoms with E-state index in [2.05, 4.69) is 0 Å². The van der Waals surface area contributed by atoms with Crippen molar-refractivity contribution in [2.45, 2.75) is 13.1 Å². The van der Waals surface area contributed by atoms with Crippen molar-refractivity contribution in [3.63, 3.8) is 0 Å². The van der Waals surface area contributed by atoms with Crippen molar-refractivity contribution in [2.75, 3.05) is 12.3 Å². The highest BCUT2D eigenvalue weighted by atomic mass is 35.5. The molecule has 4 rings (SSSR count). The molecule has 0 atom stereocenters. The summed E-state index contributed by atoms with van der Waals surface area (Å²) in [5.74, 6) is 0. The number of aryl methyl sites for hydroxylation is 2. The lowest BCUT2D eigenvalue weighted by atomic mass is 9.97. The number of benzene rings is 2. The van der Waals surface area contributed by atoms with Crippen LogP contribution >= 0.6 is 15.2 Å². The van der Waals surface area contributed by atoms with Gasteiger partial charge in [-0.1, -0.05) is 24.3 Å². The molecule has 0 unspecified atom stereocenters. The van der Waals surface area contributed by atoms with Crippen LogP contribution in [-0.2, 0) is 22.2 Å². The fourth-order valence-electron chi connectivity index (χ4n) is 3.91. The van der Waals surface area contributed by atoms with Gasteiger partial charge in [0, 0.05) is 35.4 Å². The Labute approximate surface area is 209 Å². The Hall–Kier alpha value is -1.86. The van der Waals surface area contributed by atoms with Gasteiger partial charge in [0.05, 0.1) is 10.8 Å². The minimum atomic E-state index is -4.12. The third kappa shape index (κ3) is 6.63. The molecule has 0 saturated carbocycles. The van der Waals surface area contributed by atoms with E-state index in [9.17, 15) is 28.7 Å². The predicted octanol–water partition coefficient (Wildman–Crippen LogP) is -3.40. The number of pyridine rings is 2. The van der Waals surface area contributed by atoms with Crippen LogP contribution in [0.25, 0.3) is 32.9 Å². The van der Waals surface area contributed by atoms with Crippen LogP contribution in [-0.4, -0.2) is 31.9 Å². The Morgan fingerprint density at radius 1 is 0.588 bits per heavy atom. The third-order valence-corrected chi connectivity index (χ3v) is 6.97. The maximum absolute atomic E-state index is 11.4. The molecule has 0 amide bonds. The van der Waals surface area contributed by atoms with E-state index in [1.807, 2.05) is 82.2 Å². The van der Waals surface area contributed by atoms with Gasteiger partial charge in [-0.25, -0.2) is 0 Å². The molecule has 2 aromatic heterocycles. The minimum absolute atomic E-state index is 0. The average molecular weight is 545 g/mol. The van der Waals surface area contributed by atoms with Crippen LogP contribution in [0.2, 0.25) is 0 Å². The number of fused-ring (bicyclic) bond motifs is 2. The number of nitrogens with zero attached hydrogens (tertiary/aromatic N) is 2. The van der Waals surface area contributed by atoms with E-state index in [4.69, 9.17) is 0 Å². The summed E-state index contributed by atoms with van der Waals surface area (Å²) in [6.45, 7) is 0.395. The van der Waals surface area contributed by atoms with Gasteiger partial charge in [0.15, 0.2) is 25.5 Å². The van der Waals surface area contributed by atoms with Gasteiger partial charge in [-0.05, 0) is 12.1 Å². The molecule has 0 radical (unpaired) electrons. The average Bonchev–Trinajstić information content (AvgIpc) is 2.75. The number of hydrogen-bond donors (Lipinski definition) is 4. The van der Waals surface area contributed by atoms with E-state index in [0.717, 1.165) is 32.9 Å². The molecule has 0 fully saturated rings. The normalized spacial score (nSPS) is 11.8. The maximum Gasteiger partial charge on any atom is 0.331 e. The zero-order valence-electron chi connectivity index (χ0n) is 17.9. The Kier molecular flexibility index (Phi) is 9.39. The van der Waals surface area contributed by atoms with Crippen molar-refractivity contribution in [3.05, 3.63) is 73.1 Å². The van der Waals surface area contributed by atoms with Crippen LogP contribution in [0.5, 0.6) is 0 Å². The summed E-state index contributed by atoms with van der Waals surface area (Å²) in [6, 6.07) is 19.3. The third-order valence-electron chi connectivity index (χ3n) is 5.40. The number of hydrogen-bond acceptors (Lipinski definition) is 2. The molecule has 0 aliphatic heterocycles. The zero-order valence-corrected chi connectivity index (χ0v) is 21.2. The van der Waals surface area contributed by atoms with Gasteiger partial charge in [-0.15, -0.1) is 0 Å². The van der Waals surface area contributed by atoms with Gasteiger partial charge in [0.1, 0.15) is 12.3 Å². The van der Waals surface area contributed by atoms with Crippen molar-refractivity contribution < 1.29 is 62.7 Å². The fraction of sp³-hybridized carbons (Fsp3) is 0.182. The quantitative estimate of drug-likeness (QED) is 0.142. The number of aromatic nitrogens is 2. The molecule has 182 valence electrons. The van der Waals surface area contributed by atoms with E-state index in [-0.39, 0.29) is 50.2 Å². The highest BCUT2D eigenvalue weighted by Crippen LogP contribution is 2.35. The highest BCUT2D eigenvalue weighted by molar-refractivity contribution is 7.51. The Morgan fingerprint density at radius 2 is 0.941 bits per heavy atom. The van der Waals surface area contributed by atoms with Crippen molar-refractivity contribution in [2.24, 2.45) is 0 Å². The summed E-state index contributed by atoms with van der Waals surface area (Å²) in [6.07, 6.45) is 3.18. The minimum Gasteiger partial charge on any atom is -1.00 e. The summed E-state index contributed by atoms with van der Waals surface area (Å²) in [5, 5.41) is 1.89. The van der Waals surface area contributed by atoms with Gasteiger partial charge < -0.3 is 44.4 Å². The van der Waals surface area contributed by atoms with Crippen molar-refractivity contribution in [1.82, 2.24) is 0 Å². The van der Waals surface area contributed by atoms with Gasteiger partial charge in [-0.2, -0.15) is 9.13 Å². The fourth-order valence-corrected chi connectivity index (χ4v) is 4.86. The van der Waals surface area contributed by atoms with E-state index >= 15 is 0 Å². The van der Waals surface area contributed by atoms with Crippen LogP contribution in [0.1, 0.15) is 0 Å². The molecule has 12 heteroatoms. The summed E-state index contributed by atoms with van der Waals surface area (Å²) in [7, 11) is -8.23. The van der Waals surface area contributed by atoms with E-state index in [0.29, 0.717) is 0 Å². The molecular weight excluding hydrogens is 521 g/mol. The monoisotopic (exact) mass is 544 g/mol. The first-order chi connectivity index (χ1) is 15.1. The maximum atomic E-state index is 11.4. The lowest BCUT2D eigenvalue weighted by Gasteiger charge is -2.11. The first kappa shape index (κ1) is 28.4. The van der Waals surface area contributed by atoms with E-state index < -0.39 is 15.2 Å². The second-order valence-electron chi connectivity index (χ2n) is 7.66. The smallest absolute Gasteiger partial charge is 0.331 e. The zero-order chi connectivity index (χ0) is 22.9. The first-order valence-corrected chi connectivity index (χ1v) is 13.6. The van der Waals surface area contributed by atoms with Crippen LogP contribution in [0.4, 0.5) is 0 Å². The summed E-state index contributed by atoms with van der Waals surface area (Å²) < 4.78 is 26.4. The molecule has 2 heterocycles. The number of rotatable bonds is 7. The molecule has 0 spiro atoms. The van der Waals surface area contributed by atoms with Crippen LogP contribution in [0, 0.1) is 0 Å². The molecule has 2 aromatic carbocycles. The molecule has 8 nitrogen and oxygen atoms in total.